The summed E-state index contributed by atoms with van der Waals surface area (Å²) in [5.74, 6) is -0.762. The van der Waals surface area contributed by atoms with E-state index >= 15 is 0 Å². The molecule has 0 aliphatic carbocycles. The standard InChI is InChI=1S/C21H25ClN4O3/c1-3-10-24-21(29)17-9-8-15(22)12-18(17)25-13-19(27)26-16-7-5-6-14(11-16)20(28)23-4-2/h5-9,11-12,25H,3-4,10,13H2,1-2H3,(H,23,28)(H,24,29)(H,26,27). The molecule has 0 aliphatic rings. The SMILES string of the molecule is CCCNC(=O)c1ccc(Cl)cc1NCC(=O)Nc1cccc(C(=O)NCC)c1. The lowest BCUT2D eigenvalue weighted by Crippen LogP contribution is -2.27. The topological polar surface area (TPSA) is 99.3 Å². The van der Waals surface area contributed by atoms with E-state index < -0.39 is 0 Å². The second-order valence-electron chi connectivity index (χ2n) is 6.29. The molecule has 0 spiro atoms. The first-order valence-corrected chi connectivity index (χ1v) is 9.82. The Morgan fingerprint density at radius 3 is 2.48 bits per heavy atom. The van der Waals surface area contributed by atoms with Gasteiger partial charge in [-0.2, -0.15) is 0 Å². The van der Waals surface area contributed by atoms with Crippen molar-refractivity contribution in [2.24, 2.45) is 0 Å². The molecule has 0 fully saturated rings. The largest absolute Gasteiger partial charge is 0.375 e. The summed E-state index contributed by atoms with van der Waals surface area (Å²) in [6.45, 7) is 4.81. The van der Waals surface area contributed by atoms with Gasteiger partial charge in [0.2, 0.25) is 5.91 Å². The zero-order valence-electron chi connectivity index (χ0n) is 16.5. The van der Waals surface area contributed by atoms with E-state index in [0.29, 0.717) is 40.6 Å². The number of nitrogens with one attached hydrogen (secondary N) is 4. The van der Waals surface area contributed by atoms with Crippen LogP contribution < -0.4 is 21.3 Å². The third-order valence-electron chi connectivity index (χ3n) is 3.95. The van der Waals surface area contributed by atoms with E-state index in [1.54, 1.807) is 42.5 Å². The van der Waals surface area contributed by atoms with Gasteiger partial charge in [-0.25, -0.2) is 0 Å². The summed E-state index contributed by atoms with van der Waals surface area (Å²) in [6.07, 6.45) is 0.819. The molecule has 0 bridgehead atoms. The maximum Gasteiger partial charge on any atom is 0.253 e. The molecule has 0 saturated carbocycles. The number of hydrogen-bond donors (Lipinski definition) is 4. The van der Waals surface area contributed by atoms with Crippen molar-refractivity contribution in [2.75, 3.05) is 30.3 Å². The molecule has 3 amide bonds. The smallest absolute Gasteiger partial charge is 0.253 e. The number of amides is 3. The van der Waals surface area contributed by atoms with Crippen LogP contribution in [0.5, 0.6) is 0 Å². The predicted octanol–water partition coefficient (Wildman–Crippen LogP) is 3.28. The Morgan fingerprint density at radius 2 is 1.76 bits per heavy atom. The zero-order chi connectivity index (χ0) is 21.2. The minimum absolute atomic E-state index is 0.0697. The Kier molecular flexibility index (Phi) is 8.48. The maximum absolute atomic E-state index is 12.3. The van der Waals surface area contributed by atoms with Crippen LogP contribution in [-0.2, 0) is 4.79 Å². The van der Waals surface area contributed by atoms with Crippen LogP contribution in [0.15, 0.2) is 42.5 Å². The Balaban J connectivity index is 2.02. The molecule has 7 nitrogen and oxygen atoms in total. The van der Waals surface area contributed by atoms with E-state index in [1.807, 2.05) is 13.8 Å². The van der Waals surface area contributed by atoms with Gasteiger partial charge in [0.05, 0.1) is 12.1 Å². The minimum Gasteiger partial charge on any atom is -0.375 e. The minimum atomic E-state index is -0.321. The Hall–Kier alpha value is -3.06. The van der Waals surface area contributed by atoms with E-state index in [-0.39, 0.29) is 24.3 Å². The lowest BCUT2D eigenvalue weighted by molar-refractivity contribution is -0.114. The number of anilines is 2. The van der Waals surface area contributed by atoms with E-state index in [0.717, 1.165) is 6.42 Å². The van der Waals surface area contributed by atoms with Gasteiger partial charge in [-0.1, -0.05) is 24.6 Å². The van der Waals surface area contributed by atoms with E-state index in [9.17, 15) is 14.4 Å². The van der Waals surface area contributed by atoms with E-state index in [4.69, 9.17) is 11.6 Å². The molecule has 0 heterocycles. The molecule has 4 N–H and O–H groups in total. The van der Waals surface area contributed by atoms with Gasteiger partial charge in [0, 0.05) is 35.1 Å². The number of carbonyl (C=O) groups excluding carboxylic acids is 3. The lowest BCUT2D eigenvalue weighted by atomic mass is 10.1. The Morgan fingerprint density at radius 1 is 0.966 bits per heavy atom. The van der Waals surface area contributed by atoms with Crippen molar-refractivity contribution in [3.05, 3.63) is 58.6 Å². The van der Waals surface area contributed by atoms with Crippen LogP contribution in [0.4, 0.5) is 11.4 Å². The maximum atomic E-state index is 12.3. The first-order valence-electron chi connectivity index (χ1n) is 9.44. The molecule has 2 aromatic rings. The molecule has 0 radical (unpaired) electrons. The summed E-state index contributed by atoms with van der Waals surface area (Å²) in [5, 5.41) is 11.7. The van der Waals surface area contributed by atoms with Gasteiger partial charge >= 0.3 is 0 Å². The molecule has 2 aromatic carbocycles. The Labute approximate surface area is 175 Å². The van der Waals surface area contributed by atoms with Gasteiger partial charge < -0.3 is 21.3 Å². The molecule has 0 atom stereocenters. The number of halogens is 1. The van der Waals surface area contributed by atoms with Crippen molar-refractivity contribution < 1.29 is 14.4 Å². The third-order valence-corrected chi connectivity index (χ3v) is 4.18. The van der Waals surface area contributed by atoms with Crippen molar-refractivity contribution in [1.82, 2.24) is 10.6 Å². The molecule has 154 valence electrons. The number of carbonyl (C=O) groups is 3. The molecule has 0 unspecified atom stereocenters. The molecular formula is C21H25ClN4O3. The van der Waals surface area contributed by atoms with Gasteiger partial charge in [0.15, 0.2) is 0 Å². The number of hydrogen-bond acceptors (Lipinski definition) is 4. The van der Waals surface area contributed by atoms with Crippen LogP contribution in [0, 0.1) is 0 Å². The fourth-order valence-corrected chi connectivity index (χ4v) is 2.75. The fraction of sp³-hybridized carbons (Fsp3) is 0.286. The van der Waals surface area contributed by atoms with E-state index in [2.05, 4.69) is 21.3 Å². The van der Waals surface area contributed by atoms with Gasteiger partial charge in [0.1, 0.15) is 0 Å². The second-order valence-corrected chi connectivity index (χ2v) is 6.72. The fourth-order valence-electron chi connectivity index (χ4n) is 2.58. The summed E-state index contributed by atoms with van der Waals surface area (Å²) in [5.41, 5.74) is 1.85. The second kappa shape index (κ2) is 11.1. The van der Waals surface area contributed by atoms with Crippen molar-refractivity contribution in [2.45, 2.75) is 20.3 Å². The van der Waals surface area contributed by atoms with Crippen LogP contribution in [0.3, 0.4) is 0 Å². The number of rotatable bonds is 9. The summed E-state index contributed by atoms with van der Waals surface area (Å²) in [4.78, 5) is 36.5. The molecule has 29 heavy (non-hydrogen) atoms. The van der Waals surface area contributed by atoms with Gasteiger partial charge in [-0.3, -0.25) is 14.4 Å². The average molecular weight is 417 g/mol. The average Bonchev–Trinajstić information content (AvgIpc) is 2.71. The zero-order valence-corrected chi connectivity index (χ0v) is 17.2. The first kappa shape index (κ1) is 22.2. The summed E-state index contributed by atoms with van der Waals surface area (Å²) < 4.78 is 0. The molecule has 0 aliphatic heterocycles. The molecule has 0 aromatic heterocycles. The van der Waals surface area contributed by atoms with Crippen LogP contribution in [0.25, 0.3) is 0 Å². The summed E-state index contributed by atoms with van der Waals surface area (Å²) in [7, 11) is 0. The van der Waals surface area contributed by atoms with Crippen molar-refractivity contribution in [3.8, 4) is 0 Å². The van der Waals surface area contributed by atoms with Crippen LogP contribution in [0.2, 0.25) is 5.02 Å². The van der Waals surface area contributed by atoms with Gasteiger partial charge in [0.25, 0.3) is 11.8 Å². The summed E-state index contributed by atoms with van der Waals surface area (Å²) >= 11 is 6.03. The highest BCUT2D eigenvalue weighted by Gasteiger charge is 2.13. The highest BCUT2D eigenvalue weighted by atomic mass is 35.5. The van der Waals surface area contributed by atoms with Crippen molar-refractivity contribution in [3.63, 3.8) is 0 Å². The number of benzene rings is 2. The third kappa shape index (κ3) is 6.80. The van der Waals surface area contributed by atoms with Gasteiger partial charge in [-0.15, -0.1) is 0 Å². The molecule has 0 saturated heterocycles. The highest BCUT2D eigenvalue weighted by Crippen LogP contribution is 2.21. The van der Waals surface area contributed by atoms with E-state index in [1.165, 1.54) is 0 Å². The highest BCUT2D eigenvalue weighted by molar-refractivity contribution is 6.31. The first-order chi connectivity index (χ1) is 13.9. The van der Waals surface area contributed by atoms with Crippen LogP contribution >= 0.6 is 11.6 Å². The molecule has 2 rings (SSSR count). The van der Waals surface area contributed by atoms with Crippen LogP contribution in [0.1, 0.15) is 41.0 Å². The van der Waals surface area contributed by atoms with Crippen LogP contribution in [-0.4, -0.2) is 37.4 Å². The lowest BCUT2D eigenvalue weighted by Gasteiger charge is -2.13. The van der Waals surface area contributed by atoms with Crippen molar-refractivity contribution >= 4 is 40.7 Å². The monoisotopic (exact) mass is 416 g/mol. The van der Waals surface area contributed by atoms with Crippen molar-refractivity contribution in [1.29, 1.82) is 0 Å². The van der Waals surface area contributed by atoms with Gasteiger partial charge in [-0.05, 0) is 49.7 Å². The Bertz CT molecular complexity index is 886. The molecule has 8 heteroatoms. The normalized spacial score (nSPS) is 10.2. The summed E-state index contributed by atoms with van der Waals surface area (Å²) in [6, 6.07) is 11.5. The predicted molar refractivity (Wildman–Crippen MR) is 116 cm³/mol. The molecular weight excluding hydrogens is 392 g/mol. The quantitative estimate of drug-likeness (QED) is 0.504.